The first kappa shape index (κ1) is 16.3. The average molecular weight is 254 g/mol. The smallest absolute Gasteiger partial charge is 0.317 e. The second-order valence-electron chi connectivity index (χ2n) is 4.84. The van der Waals surface area contributed by atoms with Crippen LogP contribution in [-0.2, 0) is 4.79 Å². The van der Waals surface area contributed by atoms with Gasteiger partial charge >= 0.3 is 12.0 Å². The molecule has 0 saturated carbocycles. The highest BCUT2D eigenvalue weighted by atomic mass is 16.4. The molecule has 0 aromatic heterocycles. The molecule has 2 N–H and O–H groups in total. The van der Waals surface area contributed by atoms with Crippen LogP contribution in [0.5, 0.6) is 0 Å². The van der Waals surface area contributed by atoms with Crippen LogP contribution in [0.4, 0.5) is 4.79 Å². The summed E-state index contributed by atoms with van der Waals surface area (Å²) in [6.07, 6.45) is 5.94. The fourth-order valence-corrected chi connectivity index (χ4v) is 1.73. The minimum atomic E-state index is -0.841. The molecule has 1 atom stereocenters. The Morgan fingerprint density at radius 3 is 2.50 bits per heavy atom. The largest absolute Gasteiger partial charge is 0.481 e. The third-order valence-corrected chi connectivity index (χ3v) is 2.49. The summed E-state index contributed by atoms with van der Waals surface area (Å²) in [4.78, 5) is 23.7. The van der Waals surface area contributed by atoms with Crippen LogP contribution >= 0.6 is 0 Å². The van der Waals surface area contributed by atoms with Gasteiger partial charge in [-0.3, -0.25) is 4.79 Å². The quantitative estimate of drug-likeness (QED) is 0.675. The van der Waals surface area contributed by atoms with Crippen LogP contribution in [0.25, 0.3) is 0 Å². The Kier molecular flexibility index (Phi) is 7.61. The highest BCUT2D eigenvalue weighted by Crippen LogP contribution is 2.14. The minimum absolute atomic E-state index is 0.0503. The molecule has 0 fully saturated rings. The van der Waals surface area contributed by atoms with E-state index in [4.69, 9.17) is 11.5 Å². The Morgan fingerprint density at radius 1 is 1.44 bits per heavy atom. The molecule has 0 aliphatic carbocycles. The number of amides is 2. The second kappa shape index (κ2) is 8.40. The molecule has 0 bridgehead atoms. The monoisotopic (exact) mass is 254 g/mol. The zero-order valence-electron chi connectivity index (χ0n) is 11.3. The number of carbonyl (C=O) groups is 2. The van der Waals surface area contributed by atoms with Gasteiger partial charge in [-0.25, -0.2) is 4.79 Å². The Labute approximate surface area is 109 Å². The second-order valence-corrected chi connectivity index (χ2v) is 4.84. The summed E-state index contributed by atoms with van der Waals surface area (Å²) in [5.74, 6) is 1.88. The van der Waals surface area contributed by atoms with Gasteiger partial charge in [0.15, 0.2) is 0 Å². The van der Waals surface area contributed by atoms with E-state index in [2.05, 4.69) is 11.2 Å². The molecule has 0 aromatic rings. The SMILES string of the molecule is C#CCN(C)C(=O)NCC(CC(=O)O)CC(C)C. The van der Waals surface area contributed by atoms with Crippen LogP contribution < -0.4 is 5.32 Å². The van der Waals surface area contributed by atoms with Gasteiger partial charge in [0.1, 0.15) is 0 Å². The molecule has 0 heterocycles. The molecular formula is C13H22N2O3. The molecule has 0 spiro atoms. The number of carbonyl (C=O) groups excluding carboxylic acids is 1. The number of carboxylic acid groups (broad SMARTS) is 1. The predicted molar refractivity (Wildman–Crippen MR) is 70.1 cm³/mol. The maximum atomic E-state index is 11.6. The van der Waals surface area contributed by atoms with Gasteiger partial charge in [-0.2, -0.15) is 0 Å². The van der Waals surface area contributed by atoms with Crippen molar-refractivity contribution in [2.24, 2.45) is 11.8 Å². The summed E-state index contributed by atoms with van der Waals surface area (Å²) >= 11 is 0. The molecule has 5 heteroatoms. The summed E-state index contributed by atoms with van der Waals surface area (Å²) in [7, 11) is 1.60. The van der Waals surface area contributed by atoms with E-state index in [1.165, 1.54) is 4.90 Å². The first-order valence-electron chi connectivity index (χ1n) is 6.01. The van der Waals surface area contributed by atoms with E-state index in [0.29, 0.717) is 12.5 Å². The first-order valence-corrected chi connectivity index (χ1v) is 6.01. The van der Waals surface area contributed by atoms with Crippen molar-refractivity contribution < 1.29 is 14.7 Å². The number of urea groups is 1. The first-order chi connectivity index (χ1) is 8.36. The van der Waals surface area contributed by atoms with Gasteiger partial charge < -0.3 is 15.3 Å². The van der Waals surface area contributed by atoms with Crippen molar-refractivity contribution in [1.82, 2.24) is 10.2 Å². The van der Waals surface area contributed by atoms with E-state index in [-0.39, 0.29) is 24.9 Å². The minimum Gasteiger partial charge on any atom is -0.481 e. The van der Waals surface area contributed by atoms with Crippen LogP contribution in [0.2, 0.25) is 0 Å². The van der Waals surface area contributed by atoms with Gasteiger partial charge in [0, 0.05) is 20.0 Å². The van der Waals surface area contributed by atoms with Gasteiger partial charge in [-0.15, -0.1) is 6.42 Å². The molecule has 5 nitrogen and oxygen atoms in total. The van der Waals surface area contributed by atoms with Gasteiger partial charge in [0.2, 0.25) is 0 Å². The molecule has 0 aliphatic rings. The molecule has 0 aliphatic heterocycles. The summed E-state index contributed by atoms with van der Waals surface area (Å²) in [5.41, 5.74) is 0. The summed E-state index contributed by atoms with van der Waals surface area (Å²) in [5, 5.41) is 11.5. The lowest BCUT2D eigenvalue weighted by Gasteiger charge is -2.20. The molecule has 102 valence electrons. The van der Waals surface area contributed by atoms with Crippen LogP contribution in [0, 0.1) is 24.2 Å². The molecule has 1 unspecified atom stereocenters. The summed E-state index contributed by atoms with van der Waals surface area (Å²) in [6.45, 7) is 4.65. The van der Waals surface area contributed by atoms with Crippen molar-refractivity contribution in [2.45, 2.75) is 26.7 Å². The van der Waals surface area contributed by atoms with Gasteiger partial charge in [0.05, 0.1) is 6.54 Å². The van der Waals surface area contributed by atoms with E-state index in [1.807, 2.05) is 13.8 Å². The van der Waals surface area contributed by atoms with Crippen LogP contribution in [-0.4, -0.2) is 42.1 Å². The molecule has 0 aromatic carbocycles. The Balaban J connectivity index is 4.21. The predicted octanol–water partition coefficient (Wildman–Crippen LogP) is 1.40. The van der Waals surface area contributed by atoms with Gasteiger partial charge in [-0.05, 0) is 18.3 Å². The summed E-state index contributed by atoms with van der Waals surface area (Å²) in [6, 6.07) is -0.271. The molecule has 2 amide bonds. The number of terminal acetylenes is 1. The highest BCUT2D eigenvalue weighted by molar-refractivity contribution is 5.74. The van der Waals surface area contributed by atoms with Crippen LogP contribution in [0.1, 0.15) is 26.7 Å². The number of nitrogens with one attached hydrogen (secondary N) is 1. The fraction of sp³-hybridized carbons (Fsp3) is 0.692. The topological polar surface area (TPSA) is 69.6 Å². The van der Waals surface area contributed by atoms with E-state index in [0.717, 1.165) is 6.42 Å². The third kappa shape index (κ3) is 7.55. The number of aliphatic carboxylic acids is 1. The zero-order chi connectivity index (χ0) is 14.1. The Morgan fingerprint density at radius 2 is 2.06 bits per heavy atom. The maximum Gasteiger partial charge on any atom is 0.317 e. The lowest BCUT2D eigenvalue weighted by atomic mass is 9.94. The number of nitrogens with zero attached hydrogens (tertiary/aromatic N) is 1. The third-order valence-electron chi connectivity index (χ3n) is 2.49. The molecular weight excluding hydrogens is 232 g/mol. The Hall–Kier alpha value is -1.70. The number of rotatable bonds is 7. The fourth-order valence-electron chi connectivity index (χ4n) is 1.73. The van der Waals surface area contributed by atoms with Crippen molar-refractivity contribution in [3.8, 4) is 12.3 Å². The Bertz CT molecular complexity index is 321. The lowest BCUT2D eigenvalue weighted by molar-refractivity contribution is -0.138. The normalized spacial score (nSPS) is 11.7. The standard InChI is InChI=1S/C13H22N2O3/c1-5-6-15(4)13(18)14-9-11(7-10(2)3)8-12(16)17/h1,10-11H,6-9H2,2-4H3,(H,14,18)(H,16,17). The maximum absolute atomic E-state index is 11.6. The van der Waals surface area contributed by atoms with Crippen molar-refractivity contribution in [3.05, 3.63) is 0 Å². The molecule has 0 rings (SSSR count). The van der Waals surface area contributed by atoms with Crippen LogP contribution in [0.15, 0.2) is 0 Å². The number of carboxylic acids is 1. The summed E-state index contributed by atoms with van der Waals surface area (Å²) < 4.78 is 0. The zero-order valence-corrected chi connectivity index (χ0v) is 11.3. The van der Waals surface area contributed by atoms with E-state index < -0.39 is 5.97 Å². The van der Waals surface area contributed by atoms with E-state index in [9.17, 15) is 9.59 Å². The molecule has 0 radical (unpaired) electrons. The van der Waals surface area contributed by atoms with Crippen molar-refractivity contribution in [3.63, 3.8) is 0 Å². The molecule has 0 saturated heterocycles. The van der Waals surface area contributed by atoms with Crippen molar-refractivity contribution >= 4 is 12.0 Å². The lowest BCUT2D eigenvalue weighted by Crippen LogP contribution is -2.40. The van der Waals surface area contributed by atoms with E-state index >= 15 is 0 Å². The van der Waals surface area contributed by atoms with Crippen molar-refractivity contribution in [1.29, 1.82) is 0 Å². The molecule has 18 heavy (non-hydrogen) atoms. The number of hydrogen-bond donors (Lipinski definition) is 2. The van der Waals surface area contributed by atoms with Gasteiger partial charge in [0.25, 0.3) is 0 Å². The van der Waals surface area contributed by atoms with Crippen molar-refractivity contribution in [2.75, 3.05) is 20.1 Å². The van der Waals surface area contributed by atoms with Crippen LogP contribution in [0.3, 0.4) is 0 Å². The van der Waals surface area contributed by atoms with E-state index in [1.54, 1.807) is 7.05 Å². The average Bonchev–Trinajstić information content (AvgIpc) is 2.24. The number of hydrogen-bond acceptors (Lipinski definition) is 2. The highest BCUT2D eigenvalue weighted by Gasteiger charge is 2.16. The van der Waals surface area contributed by atoms with Gasteiger partial charge in [-0.1, -0.05) is 19.8 Å².